The molecule has 108 valence electrons. The molecule has 2 atom stereocenters. The molecule has 0 aromatic heterocycles. The van der Waals surface area contributed by atoms with Gasteiger partial charge in [-0.25, -0.2) is 0 Å². The van der Waals surface area contributed by atoms with Crippen LogP contribution in [0.15, 0.2) is 18.2 Å². The van der Waals surface area contributed by atoms with E-state index in [4.69, 9.17) is 15.6 Å². The molecule has 2 rings (SSSR count). The van der Waals surface area contributed by atoms with E-state index in [1.807, 2.05) is 6.07 Å². The first-order valence-corrected chi connectivity index (χ1v) is 6.56. The number of carbonyl (C=O) groups excluding carboxylic acids is 1. The predicted octanol–water partition coefficient (Wildman–Crippen LogP) is 1.66. The number of carboxylic acid groups (broad SMARTS) is 1. The molecule has 0 spiro atoms. The van der Waals surface area contributed by atoms with Crippen molar-refractivity contribution in [2.24, 2.45) is 5.73 Å². The summed E-state index contributed by atoms with van der Waals surface area (Å²) in [5, 5.41) is 11.4. The first kappa shape index (κ1) is 14.3. The van der Waals surface area contributed by atoms with Crippen LogP contribution < -0.4 is 15.8 Å². The lowest BCUT2D eigenvalue weighted by atomic mass is 10.0. The van der Waals surface area contributed by atoms with E-state index in [-0.39, 0.29) is 18.4 Å². The number of hydrogen-bond donors (Lipinski definition) is 3. The van der Waals surface area contributed by atoms with Gasteiger partial charge in [0.25, 0.3) is 5.91 Å². The average molecular weight is 278 g/mol. The Balaban J connectivity index is 2.05. The van der Waals surface area contributed by atoms with Crippen molar-refractivity contribution in [2.45, 2.75) is 38.3 Å². The van der Waals surface area contributed by atoms with Gasteiger partial charge in [0, 0.05) is 12.5 Å². The van der Waals surface area contributed by atoms with Gasteiger partial charge in [0.1, 0.15) is 5.75 Å². The first-order chi connectivity index (χ1) is 9.47. The monoisotopic (exact) mass is 278 g/mol. The van der Waals surface area contributed by atoms with E-state index in [1.54, 1.807) is 19.1 Å². The third-order valence-corrected chi connectivity index (χ3v) is 3.27. The molecule has 1 aromatic rings. The minimum Gasteiger partial charge on any atom is -0.481 e. The molecule has 2 unspecified atom stereocenters. The number of nitrogens with one attached hydrogen (secondary N) is 1. The van der Waals surface area contributed by atoms with Gasteiger partial charge in [-0.2, -0.15) is 0 Å². The van der Waals surface area contributed by atoms with Gasteiger partial charge in [0.05, 0.1) is 5.69 Å². The second-order valence-electron chi connectivity index (χ2n) is 4.90. The van der Waals surface area contributed by atoms with E-state index in [0.29, 0.717) is 24.3 Å². The molecule has 1 aliphatic heterocycles. The molecule has 1 aromatic carbocycles. The summed E-state index contributed by atoms with van der Waals surface area (Å²) in [6.45, 7) is 1.68. The molecule has 0 radical (unpaired) electrons. The summed E-state index contributed by atoms with van der Waals surface area (Å²) in [6.07, 6.45) is 0.706. The Morgan fingerprint density at radius 1 is 1.55 bits per heavy atom. The predicted molar refractivity (Wildman–Crippen MR) is 73.6 cm³/mol. The zero-order valence-electron chi connectivity index (χ0n) is 11.3. The van der Waals surface area contributed by atoms with Crippen LogP contribution in [0, 0.1) is 0 Å². The maximum atomic E-state index is 11.6. The molecule has 6 nitrogen and oxygen atoms in total. The molecule has 0 fully saturated rings. The lowest BCUT2D eigenvalue weighted by molar-refractivity contribution is -0.137. The van der Waals surface area contributed by atoms with Crippen LogP contribution in [0.2, 0.25) is 0 Å². The number of anilines is 1. The highest BCUT2D eigenvalue weighted by molar-refractivity contribution is 5.97. The van der Waals surface area contributed by atoms with Crippen molar-refractivity contribution < 1.29 is 19.4 Å². The zero-order chi connectivity index (χ0) is 14.7. The van der Waals surface area contributed by atoms with Crippen LogP contribution in [0.3, 0.4) is 0 Å². The fourth-order valence-corrected chi connectivity index (χ4v) is 2.10. The van der Waals surface area contributed by atoms with Gasteiger partial charge in [-0.15, -0.1) is 0 Å². The molecular formula is C14H18N2O4. The van der Waals surface area contributed by atoms with Crippen molar-refractivity contribution in [1.82, 2.24) is 0 Å². The fourth-order valence-electron chi connectivity index (χ4n) is 2.10. The highest BCUT2D eigenvalue weighted by atomic mass is 16.5. The molecule has 1 aliphatic rings. The lowest BCUT2D eigenvalue weighted by Crippen LogP contribution is -2.34. The maximum absolute atomic E-state index is 11.6. The van der Waals surface area contributed by atoms with Gasteiger partial charge in [-0.1, -0.05) is 6.07 Å². The van der Waals surface area contributed by atoms with Gasteiger partial charge in [-0.05, 0) is 37.5 Å². The van der Waals surface area contributed by atoms with E-state index in [9.17, 15) is 9.59 Å². The molecule has 0 saturated heterocycles. The summed E-state index contributed by atoms with van der Waals surface area (Å²) >= 11 is 0. The van der Waals surface area contributed by atoms with Crippen LogP contribution in [-0.4, -0.2) is 23.1 Å². The van der Waals surface area contributed by atoms with E-state index >= 15 is 0 Å². The van der Waals surface area contributed by atoms with Crippen molar-refractivity contribution in [3.05, 3.63) is 23.8 Å². The quantitative estimate of drug-likeness (QED) is 0.760. The molecular weight excluding hydrogens is 260 g/mol. The summed E-state index contributed by atoms with van der Waals surface area (Å²) in [5.41, 5.74) is 7.49. The SMILES string of the molecule is CC1Oc2ccc(C(N)CCCC(=O)O)cc2NC1=O. The van der Waals surface area contributed by atoms with E-state index in [1.165, 1.54) is 0 Å². The number of ether oxygens (including phenoxy) is 1. The van der Waals surface area contributed by atoms with Gasteiger partial charge >= 0.3 is 5.97 Å². The van der Waals surface area contributed by atoms with Crippen LogP contribution >= 0.6 is 0 Å². The Labute approximate surface area is 116 Å². The first-order valence-electron chi connectivity index (χ1n) is 6.56. The third-order valence-electron chi connectivity index (χ3n) is 3.27. The summed E-state index contributed by atoms with van der Waals surface area (Å²) in [7, 11) is 0. The molecule has 4 N–H and O–H groups in total. The van der Waals surface area contributed by atoms with Gasteiger partial charge in [0.2, 0.25) is 0 Å². The number of rotatable bonds is 5. The molecule has 20 heavy (non-hydrogen) atoms. The summed E-state index contributed by atoms with van der Waals surface area (Å²) in [5.74, 6) is -0.384. The normalized spacial score (nSPS) is 18.7. The lowest BCUT2D eigenvalue weighted by Gasteiger charge is -2.24. The largest absolute Gasteiger partial charge is 0.481 e. The Bertz CT molecular complexity index is 530. The zero-order valence-corrected chi connectivity index (χ0v) is 11.3. The van der Waals surface area contributed by atoms with E-state index < -0.39 is 12.1 Å². The minimum absolute atomic E-state index is 0.107. The van der Waals surface area contributed by atoms with Gasteiger partial charge in [-0.3, -0.25) is 9.59 Å². The number of nitrogens with two attached hydrogens (primary N) is 1. The standard InChI is InChI=1S/C14H18N2O4/c1-8-14(19)16-11-7-9(5-6-12(11)20-8)10(15)3-2-4-13(17)18/h5-8,10H,2-4,15H2,1H3,(H,16,19)(H,17,18). The molecule has 1 amide bonds. The third kappa shape index (κ3) is 3.27. The maximum Gasteiger partial charge on any atom is 0.303 e. The Morgan fingerprint density at radius 2 is 2.30 bits per heavy atom. The number of carboxylic acids is 1. The average Bonchev–Trinajstić information content (AvgIpc) is 2.39. The number of aliphatic carboxylic acids is 1. The van der Waals surface area contributed by atoms with Crippen LogP contribution in [0.25, 0.3) is 0 Å². The summed E-state index contributed by atoms with van der Waals surface area (Å²) < 4.78 is 5.46. The number of carbonyl (C=O) groups is 2. The van der Waals surface area contributed by atoms with Crippen molar-refractivity contribution in [3.63, 3.8) is 0 Å². The highest BCUT2D eigenvalue weighted by Gasteiger charge is 2.24. The highest BCUT2D eigenvalue weighted by Crippen LogP contribution is 2.32. The number of benzene rings is 1. The molecule has 1 heterocycles. The fraction of sp³-hybridized carbons (Fsp3) is 0.429. The van der Waals surface area contributed by atoms with Crippen LogP contribution in [-0.2, 0) is 9.59 Å². The number of hydrogen-bond acceptors (Lipinski definition) is 4. The van der Waals surface area contributed by atoms with Crippen LogP contribution in [0.5, 0.6) is 5.75 Å². The molecule has 0 aliphatic carbocycles. The van der Waals surface area contributed by atoms with Crippen LogP contribution in [0.1, 0.15) is 37.8 Å². The van der Waals surface area contributed by atoms with Crippen molar-refractivity contribution in [1.29, 1.82) is 0 Å². The second kappa shape index (κ2) is 5.92. The topological polar surface area (TPSA) is 102 Å². The molecule has 6 heteroatoms. The van der Waals surface area contributed by atoms with Gasteiger partial charge in [0.15, 0.2) is 6.10 Å². The molecule has 0 bridgehead atoms. The van der Waals surface area contributed by atoms with E-state index in [0.717, 1.165) is 5.56 Å². The Morgan fingerprint density at radius 3 is 3.00 bits per heavy atom. The van der Waals surface area contributed by atoms with Gasteiger partial charge < -0.3 is 20.9 Å². The van der Waals surface area contributed by atoms with Crippen molar-refractivity contribution >= 4 is 17.6 Å². The second-order valence-corrected chi connectivity index (χ2v) is 4.90. The van der Waals surface area contributed by atoms with Crippen LogP contribution in [0.4, 0.5) is 5.69 Å². The number of amides is 1. The van der Waals surface area contributed by atoms with Crippen molar-refractivity contribution in [2.75, 3.05) is 5.32 Å². The smallest absolute Gasteiger partial charge is 0.303 e. The summed E-state index contributed by atoms with van der Waals surface area (Å²) in [4.78, 5) is 22.0. The number of fused-ring (bicyclic) bond motifs is 1. The Kier molecular flexibility index (Phi) is 4.24. The Hall–Kier alpha value is -2.08. The summed E-state index contributed by atoms with van der Waals surface area (Å²) in [6, 6.07) is 5.15. The van der Waals surface area contributed by atoms with E-state index in [2.05, 4.69) is 5.32 Å². The van der Waals surface area contributed by atoms with Crippen molar-refractivity contribution in [3.8, 4) is 5.75 Å². The minimum atomic E-state index is -0.822. The molecule has 0 saturated carbocycles.